The number of rotatable bonds is 1. The third kappa shape index (κ3) is 1.95. The van der Waals surface area contributed by atoms with Gasteiger partial charge in [-0.15, -0.1) is 0 Å². The molecule has 1 amide bonds. The minimum absolute atomic E-state index is 0.0845. The lowest BCUT2D eigenvalue weighted by Gasteiger charge is -2.26. The highest BCUT2D eigenvalue weighted by atomic mass is 16.2. The molecule has 2 N–H and O–H groups in total. The van der Waals surface area contributed by atoms with E-state index in [-0.39, 0.29) is 11.9 Å². The summed E-state index contributed by atoms with van der Waals surface area (Å²) in [4.78, 5) is 11.8. The highest BCUT2D eigenvalue weighted by Gasteiger charge is 2.25. The van der Waals surface area contributed by atoms with Gasteiger partial charge < -0.3 is 10.6 Å². The number of piperazine rings is 1. The van der Waals surface area contributed by atoms with Gasteiger partial charge in [0.05, 0.1) is 0 Å². The van der Waals surface area contributed by atoms with Gasteiger partial charge >= 0.3 is 0 Å². The second-order valence-corrected chi connectivity index (χ2v) is 4.49. The van der Waals surface area contributed by atoms with Crippen molar-refractivity contribution in [2.45, 2.75) is 26.8 Å². The van der Waals surface area contributed by atoms with Crippen molar-refractivity contribution in [2.24, 2.45) is 0 Å². The molecule has 1 saturated heterocycles. The lowest BCUT2D eigenvalue weighted by atomic mass is 9.93. The number of hydrogen-bond donors (Lipinski definition) is 2. The summed E-state index contributed by atoms with van der Waals surface area (Å²) >= 11 is 0. The summed E-state index contributed by atoms with van der Waals surface area (Å²) in [5.74, 6) is 0.0845. The Labute approximate surface area is 96.2 Å². The molecule has 1 unspecified atom stereocenters. The lowest BCUT2D eigenvalue weighted by Crippen LogP contribution is -2.47. The Morgan fingerprint density at radius 3 is 2.31 bits per heavy atom. The number of carbonyl (C=O) groups is 1. The Balaban J connectivity index is 2.42. The van der Waals surface area contributed by atoms with Crippen LogP contribution in [0.25, 0.3) is 0 Å². The molecule has 1 aromatic carbocycles. The third-order valence-electron chi connectivity index (χ3n) is 3.06. The van der Waals surface area contributed by atoms with E-state index in [9.17, 15) is 4.79 Å². The SMILES string of the molecule is Cc1cc(C)c(C2NCCNC2=O)c(C)c1. The summed E-state index contributed by atoms with van der Waals surface area (Å²) in [7, 11) is 0. The van der Waals surface area contributed by atoms with Crippen LogP contribution in [0.1, 0.15) is 28.3 Å². The standard InChI is InChI=1S/C13H18N2O/c1-8-6-9(2)11(10(3)7-8)12-13(16)15-5-4-14-12/h6-7,12,14H,4-5H2,1-3H3,(H,15,16). The fourth-order valence-corrected chi connectivity index (χ4v) is 2.48. The van der Waals surface area contributed by atoms with Crippen LogP contribution in [0.5, 0.6) is 0 Å². The number of aryl methyl sites for hydroxylation is 3. The molecule has 0 saturated carbocycles. The molecule has 0 spiro atoms. The number of benzene rings is 1. The fraction of sp³-hybridized carbons (Fsp3) is 0.462. The third-order valence-corrected chi connectivity index (χ3v) is 3.06. The molecule has 1 fully saturated rings. The molecule has 0 aliphatic carbocycles. The van der Waals surface area contributed by atoms with Crippen LogP contribution in [0.15, 0.2) is 12.1 Å². The highest BCUT2D eigenvalue weighted by molar-refractivity contribution is 5.84. The molecule has 1 heterocycles. The van der Waals surface area contributed by atoms with Gasteiger partial charge in [0.2, 0.25) is 5.91 Å². The number of nitrogens with one attached hydrogen (secondary N) is 2. The molecular formula is C13H18N2O. The van der Waals surface area contributed by atoms with Crippen LogP contribution < -0.4 is 10.6 Å². The maximum atomic E-state index is 11.8. The second kappa shape index (κ2) is 4.26. The van der Waals surface area contributed by atoms with Crippen molar-refractivity contribution >= 4 is 5.91 Å². The molecule has 1 aliphatic rings. The summed E-state index contributed by atoms with van der Waals surface area (Å²) in [6.45, 7) is 7.78. The van der Waals surface area contributed by atoms with Gasteiger partial charge in [-0.1, -0.05) is 17.7 Å². The zero-order valence-corrected chi connectivity index (χ0v) is 10.1. The number of amides is 1. The molecule has 16 heavy (non-hydrogen) atoms. The summed E-state index contributed by atoms with van der Waals surface area (Å²) in [6.07, 6.45) is 0. The molecule has 1 aliphatic heterocycles. The normalized spacial score (nSPS) is 20.7. The molecule has 0 aromatic heterocycles. The predicted molar refractivity (Wildman–Crippen MR) is 64.4 cm³/mol. The smallest absolute Gasteiger partial charge is 0.241 e. The first kappa shape index (κ1) is 11.1. The first-order valence-electron chi connectivity index (χ1n) is 5.68. The number of carbonyl (C=O) groups excluding carboxylic acids is 1. The molecule has 86 valence electrons. The van der Waals surface area contributed by atoms with Crippen molar-refractivity contribution in [1.29, 1.82) is 0 Å². The summed E-state index contributed by atoms with van der Waals surface area (Å²) in [6, 6.07) is 4.08. The Morgan fingerprint density at radius 1 is 1.12 bits per heavy atom. The van der Waals surface area contributed by atoms with Gasteiger partial charge in [0.1, 0.15) is 6.04 Å². The molecular weight excluding hydrogens is 200 g/mol. The molecule has 0 radical (unpaired) electrons. The van der Waals surface area contributed by atoms with Crippen LogP contribution in [0.2, 0.25) is 0 Å². The zero-order valence-electron chi connectivity index (χ0n) is 10.1. The van der Waals surface area contributed by atoms with Crippen molar-refractivity contribution in [3.05, 3.63) is 34.4 Å². The Bertz CT molecular complexity index is 403. The molecule has 3 heteroatoms. The van der Waals surface area contributed by atoms with Gasteiger partial charge in [-0.25, -0.2) is 0 Å². The maximum absolute atomic E-state index is 11.8. The molecule has 2 rings (SSSR count). The van der Waals surface area contributed by atoms with Crippen LogP contribution in [-0.4, -0.2) is 19.0 Å². The first-order chi connectivity index (χ1) is 7.59. The number of hydrogen-bond acceptors (Lipinski definition) is 2. The van der Waals surface area contributed by atoms with Crippen molar-refractivity contribution in [2.75, 3.05) is 13.1 Å². The van der Waals surface area contributed by atoms with Crippen molar-refractivity contribution in [1.82, 2.24) is 10.6 Å². The minimum Gasteiger partial charge on any atom is -0.353 e. The topological polar surface area (TPSA) is 41.1 Å². The van der Waals surface area contributed by atoms with E-state index in [4.69, 9.17) is 0 Å². The van der Waals surface area contributed by atoms with Crippen molar-refractivity contribution in [3.8, 4) is 0 Å². The quantitative estimate of drug-likeness (QED) is 0.747. The van der Waals surface area contributed by atoms with E-state index in [2.05, 4.69) is 43.5 Å². The Morgan fingerprint density at radius 2 is 1.75 bits per heavy atom. The van der Waals surface area contributed by atoms with Gasteiger partial charge in [0, 0.05) is 13.1 Å². The molecule has 1 atom stereocenters. The monoisotopic (exact) mass is 218 g/mol. The predicted octanol–water partition coefficient (Wildman–Crippen LogP) is 1.37. The second-order valence-electron chi connectivity index (χ2n) is 4.49. The molecule has 3 nitrogen and oxygen atoms in total. The Hall–Kier alpha value is -1.35. The van der Waals surface area contributed by atoms with E-state index in [0.717, 1.165) is 18.7 Å². The maximum Gasteiger partial charge on any atom is 0.241 e. The van der Waals surface area contributed by atoms with E-state index in [1.165, 1.54) is 16.7 Å². The fourth-order valence-electron chi connectivity index (χ4n) is 2.48. The van der Waals surface area contributed by atoms with E-state index in [1.807, 2.05) is 0 Å². The lowest BCUT2D eigenvalue weighted by molar-refractivity contribution is -0.124. The van der Waals surface area contributed by atoms with Crippen molar-refractivity contribution in [3.63, 3.8) is 0 Å². The largest absolute Gasteiger partial charge is 0.353 e. The van der Waals surface area contributed by atoms with Gasteiger partial charge in [-0.2, -0.15) is 0 Å². The zero-order chi connectivity index (χ0) is 11.7. The highest BCUT2D eigenvalue weighted by Crippen LogP contribution is 2.24. The van der Waals surface area contributed by atoms with Crippen LogP contribution in [0.3, 0.4) is 0 Å². The summed E-state index contributed by atoms with van der Waals surface area (Å²) in [5.41, 5.74) is 4.75. The van der Waals surface area contributed by atoms with Gasteiger partial charge in [0.15, 0.2) is 0 Å². The summed E-state index contributed by atoms with van der Waals surface area (Å²) < 4.78 is 0. The van der Waals surface area contributed by atoms with Crippen molar-refractivity contribution < 1.29 is 4.79 Å². The average Bonchev–Trinajstić information content (AvgIpc) is 2.19. The summed E-state index contributed by atoms with van der Waals surface area (Å²) in [5, 5.41) is 6.17. The van der Waals surface area contributed by atoms with Crippen LogP contribution in [0, 0.1) is 20.8 Å². The van der Waals surface area contributed by atoms with Gasteiger partial charge in [0.25, 0.3) is 0 Å². The average molecular weight is 218 g/mol. The van der Waals surface area contributed by atoms with E-state index in [1.54, 1.807) is 0 Å². The van der Waals surface area contributed by atoms with E-state index in [0.29, 0.717) is 0 Å². The molecule has 0 bridgehead atoms. The molecule has 1 aromatic rings. The van der Waals surface area contributed by atoms with E-state index < -0.39 is 0 Å². The minimum atomic E-state index is -0.186. The van der Waals surface area contributed by atoms with Gasteiger partial charge in [-0.3, -0.25) is 4.79 Å². The van der Waals surface area contributed by atoms with Crippen LogP contribution in [-0.2, 0) is 4.79 Å². The van der Waals surface area contributed by atoms with E-state index >= 15 is 0 Å². The van der Waals surface area contributed by atoms with Crippen LogP contribution >= 0.6 is 0 Å². The Kier molecular flexibility index (Phi) is 2.97. The van der Waals surface area contributed by atoms with Crippen LogP contribution in [0.4, 0.5) is 0 Å². The van der Waals surface area contributed by atoms with Gasteiger partial charge in [-0.05, 0) is 37.5 Å². The first-order valence-corrected chi connectivity index (χ1v) is 5.68.